The van der Waals surface area contributed by atoms with E-state index in [0.29, 0.717) is 5.95 Å². The lowest BCUT2D eigenvalue weighted by atomic mass is 10.1. The zero-order valence-corrected chi connectivity index (χ0v) is 14.6. The first-order valence-corrected chi connectivity index (χ1v) is 8.59. The van der Waals surface area contributed by atoms with Crippen LogP contribution < -0.4 is 10.2 Å². The Labute approximate surface area is 152 Å². The smallest absolute Gasteiger partial charge is 0.227 e. The summed E-state index contributed by atoms with van der Waals surface area (Å²) in [6.45, 7) is 5.22. The lowest BCUT2D eigenvalue weighted by Gasteiger charge is -2.27. The summed E-state index contributed by atoms with van der Waals surface area (Å²) in [6.07, 6.45) is 7.17. The number of pyridine rings is 2. The standard InChI is InChI=1S/C19H20N6O/c1-14-11-22-19(24-18(14)15-3-2-6-20-12-15)23-16-4-5-17(21-13-16)25-7-9-26-10-8-25/h2-6,11-13H,7-10H2,1H3,(H,22,23,24). The first kappa shape index (κ1) is 16.4. The quantitative estimate of drug-likeness (QED) is 0.777. The second kappa shape index (κ2) is 7.45. The molecule has 7 nitrogen and oxygen atoms in total. The highest BCUT2D eigenvalue weighted by molar-refractivity contribution is 5.64. The molecule has 1 aliphatic rings. The predicted octanol–water partition coefficient (Wildman–Crippen LogP) is 2.82. The molecular weight excluding hydrogens is 328 g/mol. The van der Waals surface area contributed by atoms with Crippen LogP contribution in [-0.4, -0.2) is 46.2 Å². The van der Waals surface area contributed by atoms with Gasteiger partial charge in [0.05, 0.1) is 30.8 Å². The maximum Gasteiger partial charge on any atom is 0.227 e. The minimum Gasteiger partial charge on any atom is -0.378 e. The summed E-state index contributed by atoms with van der Waals surface area (Å²) in [7, 11) is 0. The van der Waals surface area contributed by atoms with E-state index in [-0.39, 0.29) is 0 Å². The summed E-state index contributed by atoms with van der Waals surface area (Å²) in [5.41, 5.74) is 3.69. The van der Waals surface area contributed by atoms with Crippen LogP contribution in [0.1, 0.15) is 5.56 Å². The fourth-order valence-electron chi connectivity index (χ4n) is 2.87. The van der Waals surface area contributed by atoms with Crippen LogP contribution in [-0.2, 0) is 4.74 Å². The van der Waals surface area contributed by atoms with Crippen molar-refractivity contribution in [3.05, 3.63) is 54.6 Å². The number of nitrogens with zero attached hydrogens (tertiary/aromatic N) is 5. The highest BCUT2D eigenvalue weighted by Gasteiger charge is 2.12. The molecule has 0 spiro atoms. The Morgan fingerprint density at radius 2 is 1.92 bits per heavy atom. The first-order chi connectivity index (χ1) is 12.8. The Hall–Kier alpha value is -3.06. The summed E-state index contributed by atoms with van der Waals surface area (Å²) >= 11 is 0. The van der Waals surface area contributed by atoms with Gasteiger partial charge in [-0.3, -0.25) is 4.98 Å². The molecule has 4 rings (SSSR count). The molecule has 0 bridgehead atoms. The van der Waals surface area contributed by atoms with Gasteiger partial charge in [-0.2, -0.15) is 0 Å². The third kappa shape index (κ3) is 3.62. The molecule has 1 aliphatic heterocycles. The van der Waals surface area contributed by atoms with Gasteiger partial charge in [-0.15, -0.1) is 0 Å². The normalized spacial score (nSPS) is 14.3. The van der Waals surface area contributed by atoms with Gasteiger partial charge in [-0.05, 0) is 36.8 Å². The number of ether oxygens (including phenoxy) is 1. The Balaban J connectivity index is 1.52. The third-order valence-electron chi connectivity index (χ3n) is 4.25. The molecule has 3 aromatic rings. The average Bonchev–Trinajstić information content (AvgIpc) is 2.71. The van der Waals surface area contributed by atoms with Gasteiger partial charge >= 0.3 is 0 Å². The molecule has 0 amide bonds. The van der Waals surface area contributed by atoms with Gasteiger partial charge in [0.2, 0.25) is 5.95 Å². The summed E-state index contributed by atoms with van der Waals surface area (Å²) in [6, 6.07) is 7.89. The number of aryl methyl sites for hydroxylation is 1. The van der Waals surface area contributed by atoms with Crippen molar-refractivity contribution in [2.75, 3.05) is 36.5 Å². The Morgan fingerprint density at radius 1 is 1.04 bits per heavy atom. The molecule has 1 fully saturated rings. The summed E-state index contributed by atoms with van der Waals surface area (Å²) < 4.78 is 5.38. The second-order valence-corrected chi connectivity index (χ2v) is 6.10. The van der Waals surface area contributed by atoms with E-state index in [0.717, 1.165) is 54.6 Å². The van der Waals surface area contributed by atoms with Crippen LogP contribution in [0.5, 0.6) is 0 Å². The molecular formula is C19H20N6O. The van der Waals surface area contributed by atoms with Crippen molar-refractivity contribution in [1.82, 2.24) is 19.9 Å². The molecule has 1 saturated heterocycles. The number of aromatic nitrogens is 4. The lowest BCUT2D eigenvalue weighted by Crippen LogP contribution is -2.36. The molecule has 0 radical (unpaired) electrons. The molecule has 0 unspecified atom stereocenters. The summed E-state index contributed by atoms with van der Waals surface area (Å²) in [4.78, 5) is 19.9. The van der Waals surface area contributed by atoms with E-state index < -0.39 is 0 Å². The number of rotatable bonds is 4. The van der Waals surface area contributed by atoms with Gasteiger partial charge in [0.25, 0.3) is 0 Å². The van der Waals surface area contributed by atoms with Crippen molar-refractivity contribution in [3.63, 3.8) is 0 Å². The number of anilines is 3. The third-order valence-corrected chi connectivity index (χ3v) is 4.25. The molecule has 0 atom stereocenters. The topological polar surface area (TPSA) is 76.1 Å². The van der Waals surface area contributed by atoms with E-state index >= 15 is 0 Å². The van der Waals surface area contributed by atoms with Crippen molar-refractivity contribution in [2.24, 2.45) is 0 Å². The monoisotopic (exact) mass is 348 g/mol. The Kier molecular flexibility index (Phi) is 4.70. The molecule has 1 N–H and O–H groups in total. The number of morpholine rings is 1. The molecule has 0 saturated carbocycles. The molecule has 26 heavy (non-hydrogen) atoms. The molecule has 132 valence electrons. The van der Waals surface area contributed by atoms with Crippen LogP contribution in [0, 0.1) is 6.92 Å². The Bertz CT molecular complexity index is 863. The van der Waals surface area contributed by atoms with E-state index in [1.807, 2.05) is 37.4 Å². The predicted molar refractivity (Wildman–Crippen MR) is 101 cm³/mol. The minimum atomic E-state index is 0.537. The first-order valence-electron chi connectivity index (χ1n) is 8.59. The molecule has 4 heterocycles. The van der Waals surface area contributed by atoms with Crippen molar-refractivity contribution >= 4 is 17.5 Å². The van der Waals surface area contributed by atoms with E-state index in [1.54, 1.807) is 18.6 Å². The zero-order valence-electron chi connectivity index (χ0n) is 14.6. The van der Waals surface area contributed by atoms with Crippen LogP contribution in [0.2, 0.25) is 0 Å². The van der Waals surface area contributed by atoms with E-state index in [4.69, 9.17) is 4.74 Å². The fourth-order valence-corrected chi connectivity index (χ4v) is 2.87. The SMILES string of the molecule is Cc1cnc(Nc2ccc(N3CCOCC3)nc2)nc1-c1cccnc1. The van der Waals surface area contributed by atoms with Crippen molar-refractivity contribution in [1.29, 1.82) is 0 Å². The van der Waals surface area contributed by atoms with E-state index in [1.165, 1.54) is 0 Å². The molecule has 3 aromatic heterocycles. The lowest BCUT2D eigenvalue weighted by molar-refractivity contribution is 0.122. The maximum absolute atomic E-state index is 5.38. The van der Waals surface area contributed by atoms with Gasteiger partial charge in [0.1, 0.15) is 5.82 Å². The van der Waals surface area contributed by atoms with Crippen molar-refractivity contribution < 1.29 is 4.74 Å². The van der Waals surface area contributed by atoms with Crippen LogP contribution in [0.4, 0.5) is 17.5 Å². The van der Waals surface area contributed by atoms with E-state index in [9.17, 15) is 0 Å². The van der Waals surface area contributed by atoms with Crippen LogP contribution >= 0.6 is 0 Å². The Morgan fingerprint density at radius 3 is 2.65 bits per heavy atom. The van der Waals surface area contributed by atoms with Crippen molar-refractivity contribution in [2.45, 2.75) is 6.92 Å². The van der Waals surface area contributed by atoms with Gasteiger partial charge < -0.3 is 15.0 Å². The maximum atomic E-state index is 5.38. The number of hydrogen-bond acceptors (Lipinski definition) is 7. The summed E-state index contributed by atoms with van der Waals surface area (Å²) in [5.74, 6) is 1.50. The average molecular weight is 348 g/mol. The summed E-state index contributed by atoms with van der Waals surface area (Å²) in [5, 5.41) is 3.22. The largest absolute Gasteiger partial charge is 0.378 e. The van der Waals surface area contributed by atoms with Gasteiger partial charge in [0.15, 0.2) is 0 Å². The number of nitrogens with one attached hydrogen (secondary N) is 1. The highest BCUT2D eigenvalue weighted by Crippen LogP contribution is 2.22. The molecule has 7 heteroatoms. The van der Waals surface area contributed by atoms with Gasteiger partial charge in [0, 0.05) is 37.2 Å². The van der Waals surface area contributed by atoms with Crippen LogP contribution in [0.3, 0.4) is 0 Å². The van der Waals surface area contributed by atoms with E-state index in [2.05, 4.69) is 30.2 Å². The number of hydrogen-bond donors (Lipinski definition) is 1. The molecule has 0 aromatic carbocycles. The van der Waals surface area contributed by atoms with Gasteiger partial charge in [-0.1, -0.05) is 0 Å². The fraction of sp³-hybridized carbons (Fsp3) is 0.263. The highest BCUT2D eigenvalue weighted by atomic mass is 16.5. The molecule has 0 aliphatic carbocycles. The van der Waals surface area contributed by atoms with Crippen LogP contribution in [0.15, 0.2) is 49.1 Å². The van der Waals surface area contributed by atoms with Crippen LogP contribution in [0.25, 0.3) is 11.3 Å². The van der Waals surface area contributed by atoms with Gasteiger partial charge in [-0.25, -0.2) is 15.0 Å². The minimum absolute atomic E-state index is 0.537. The zero-order chi connectivity index (χ0) is 17.8. The van der Waals surface area contributed by atoms with Crippen molar-refractivity contribution in [3.8, 4) is 11.3 Å². The second-order valence-electron chi connectivity index (χ2n) is 6.10.